The zero-order valence-corrected chi connectivity index (χ0v) is 7.36. The van der Waals surface area contributed by atoms with E-state index in [-0.39, 0.29) is 12.8 Å². The normalized spacial score (nSPS) is 22.1. The molecule has 3 nitrogen and oxygen atoms in total. The molecule has 0 aromatic carbocycles. The summed E-state index contributed by atoms with van der Waals surface area (Å²) in [7, 11) is 0. The third-order valence-electron chi connectivity index (χ3n) is 2.64. The lowest BCUT2D eigenvalue weighted by atomic mass is 9.87. The highest BCUT2D eigenvalue weighted by molar-refractivity contribution is 5.43. The van der Waals surface area contributed by atoms with Crippen LogP contribution in [0, 0.1) is 5.92 Å². The molecule has 14 heavy (non-hydrogen) atoms. The number of H-pyrrole nitrogens is 1. The van der Waals surface area contributed by atoms with Crippen LogP contribution in [0.1, 0.15) is 17.7 Å². The van der Waals surface area contributed by atoms with Crippen molar-refractivity contribution in [3.05, 3.63) is 11.3 Å². The molecule has 1 aliphatic carbocycles. The minimum Gasteiger partial charge on any atom is -0.382 e. The Bertz CT molecular complexity index is 342. The second kappa shape index (κ2) is 2.90. The number of aromatic amines is 1. The van der Waals surface area contributed by atoms with E-state index in [0.29, 0.717) is 17.9 Å². The number of nitrogens with two attached hydrogens (primary N) is 1. The molecule has 0 saturated heterocycles. The molecule has 1 aromatic rings. The summed E-state index contributed by atoms with van der Waals surface area (Å²) in [5.74, 6) is -0.921. The highest BCUT2D eigenvalue weighted by atomic mass is 19.4. The summed E-state index contributed by atoms with van der Waals surface area (Å²) in [4.78, 5) is 0. The zero-order chi connectivity index (χ0) is 10.3. The summed E-state index contributed by atoms with van der Waals surface area (Å²) in [6.45, 7) is 0. The first kappa shape index (κ1) is 9.36. The lowest BCUT2D eigenvalue weighted by molar-refractivity contribution is -0.177. The van der Waals surface area contributed by atoms with Crippen LogP contribution in [0.15, 0.2) is 0 Å². The smallest absolute Gasteiger partial charge is 0.382 e. The van der Waals surface area contributed by atoms with Gasteiger partial charge in [0, 0.05) is 17.7 Å². The number of rotatable bonds is 0. The van der Waals surface area contributed by atoms with E-state index in [1.807, 2.05) is 0 Å². The van der Waals surface area contributed by atoms with Crippen molar-refractivity contribution in [2.45, 2.75) is 25.4 Å². The molecular weight excluding hydrogens is 195 g/mol. The first-order valence-electron chi connectivity index (χ1n) is 4.37. The molecule has 1 heterocycles. The summed E-state index contributed by atoms with van der Waals surface area (Å²) in [6, 6.07) is 0. The van der Waals surface area contributed by atoms with Crippen LogP contribution < -0.4 is 5.73 Å². The van der Waals surface area contributed by atoms with E-state index in [0.717, 1.165) is 5.56 Å². The molecular formula is C8H10F3N3. The van der Waals surface area contributed by atoms with E-state index in [1.165, 1.54) is 0 Å². The Hall–Kier alpha value is -1.20. The van der Waals surface area contributed by atoms with Gasteiger partial charge in [0.15, 0.2) is 0 Å². The number of halogens is 3. The number of nitrogen functional groups attached to an aromatic ring is 1. The summed E-state index contributed by atoms with van der Waals surface area (Å²) in [5, 5.41) is 6.25. The predicted molar refractivity (Wildman–Crippen MR) is 44.6 cm³/mol. The number of aromatic nitrogens is 2. The lowest BCUT2D eigenvalue weighted by Gasteiger charge is -2.23. The van der Waals surface area contributed by atoms with Crippen molar-refractivity contribution in [2.24, 2.45) is 5.92 Å². The van der Waals surface area contributed by atoms with Crippen molar-refractivity contribution in [1.82, 2.24) is 10.2 Å². The number of fused-ring (bicyclic) bond motifs is 1. The van der Waals surface area contributed by atoms with Crippen molar-refractivity contribution in [3.63, 3.8) is 0 Å². The van der Waals surface area contributed by atoms with Gasteiger partial charge in [0.2, 0.25) is 0 Å². The van der Waals surface area contributed by atoms with Crippen LogP contribution in [0.5, 0.6) is 0 Å². The van der Waals surface area contributed by atoms with Gasteiger partial charge >= 0.3 is 6.18 Å². The van der Waals surface area contributed by atoms with E-state index in [4.69, 9.17) is 5.73 Å². The molecule has 1 aliphatic rings. The van der Waals surface area contributed by atoms with Crippen molar-refractivity contribution in [2.75, 3.05) is 5.73 Å². The molecule has 1 aromatic heterocycles. The van der Waals surface area contributed by atoms with Crippen LogP contribution in [0.4, 0.5) is 19.0 Å². The van der Waals surface area contributed by atoms with Gasteiger partial charge in [-0.2, -0.15) is 18.3 Å². The number of hydrogen-bond donors (Lipinski definition) is 2. The molecule has 0 saturated carbocycles. The molecule has 6 heteroatoms. The third kappa shape index (κ3) is 1.44. The van der Waals surface area contributed by atoms with Crippen LogP contribution in [-0.4, -0.2) is 16.4 Å². The van der Waals surface area contributed by atoms with Gasteiger partial charge in [0.25, 0.3) is 0 Å². The number of nitrogens with one attached hydrogen (secondary N) is 1. The summed E-state index contributed by atoms with van der Waals surface area (Å²) >= 11 is 0. The molecule has 0 amide bonds. The zero-order valence-electron chi connectivity index (χ0n) is 7.36. The molecule has 2 rings (SSSR count). The first-order chi connectivity index (χ1) is 6.48. The predicted octanol–water partition coefficient (Wildman–Crippen LogP) is 1.66. The Kier molecular flexibility index (Phi) is 1.94. The average molecular weight is 205 g/mol. The fraction of sp³-hybridized carbons (Fsp3) is 0.625. The van der Waals surface area contributed by atoms with Crippen LogP contribution in [-0.2, 0) is 12.8 Å². The van der Waals surface area contributed by atoms with Crippen LogP contribution in [0.2, 0.25) is 0 Å². The van der Waals surface area contributed by atoms with Gasteiger partial charge in [0.05, 0.1) is 5.92 Å². The molecule has 0 bridgehead atoms. The minimum absolute atomic E-state index is 0.0248. The van der Waals surface area contributed by atoms with Gasteiger partial charge in [-0.05, 0) is 12.8 Å². The van der Waals surface area contributed by atoms with Gasteiger partial charge in [-0.1, -0.05) is 0 Å². The van der Waals surface area contributed by atoms with Crippen molar-refractivity contribution in [1.29, 1.82) is 0 Å². The quantitative estimate of drug-likeness (QED) is 0.676. The van der Waals surface area contributed by atoms with Crippen molar-refractivity contribution in [3.8, 4) is 0 Å². The van der Waals surface area contributed by atoms with Crippen LogP contribution >= 0.6 is 0 Å². The maximum Gasteiger partial charge on any atom is 0.392 e. The fourth-order valence-electron chi connectivity index (χ4n) is 1.81. The van der Waals surface area contributed by atoms with Gasteiger partial charge < -0.3 is 5.73 Å². The minimum atomic E-state index is -4.11. The Labute approximate surface area is 78.5 Å². The molecule has 0 radical (unpaired) electrons. The van der Waals surface area contributed by atoms with E-state index in [1.54, 1.807) is 0 Å². The molecule has 0 fully saturated rings. The summed E-state index contributed by atoms with van der Waals surface area (Å²) in [5.41, 5.74) is 6.79. The topological polar surface area (TPSA) is 54.7 Å². The molecule has 1 atom stereocenters. The van der Waals surface area contributed by atoms with Crippen molar-refractivity contribution < 1.29 is 13.2 Å². The molecule has 3 N–H and O–H groups in total. The van der Waals surface area contributed by atoms with Crippen LogP contribution in [0.25, 0.3) is 0 Å². The number of hydrogen-bond acceptors (Lipinski definition) is 2. The maximum atomic E-state index is 12.4. The SMILES string of the molecule is Nc1n[nH]c2c1CCC(C(F)(F)F)C2. The van der Waals surface area contributed by atoms with E-state index >= 15 is 0 Å². The third-order valence-corrected chi connectivity index (χ3v) is 2.64. The molecule has 1 unspecified atom stereocenters. The summed E-state index contributed by atoms with van der Waals surface area (Å²) < 4.78 is 37.1. The Morgan fingerprint density at radius 2 is 2.14 bits per heavy atom. The monoisotopic (exact) mass is 205 g/mol. The van der Waals surface area contributed by atoms with E-state index in [9.17, 15) is 13.2 Å². The Morgan fingerprint density at radius 3 is 2.79 bits per heavy atom. The molecule has 0 aliphatic heterocycles. The van der Waals surface area contributed by atoms with Crippen molar-refractivity contribution >= 4 is 5.82 Å². The van der Waals surface area contributed by atoms with E-state index < -0.39 is 12.1 Å². The average Bonchev–Trinajstić information content (AvgIpc) is 2.46. The van der Waals surface area contributed by atoms with Gasteiger partial charge in [-0.15, -0.1) is 0 Å². The number of alkyl halides is 3. The second-order valence-corrected chi connectivity index (χ2v) is 3.55. The number of nitrogens with zero attached hydrogens (tertiary/aromatic N) is 1. The highest BCUT2D eigenvalue weighted by Crippen LogP contribution is 2.37. The Balaban J connectivity index is 2.22. The molecule has 0 spiro atoms. The first-order valence-corrected chi connectivity index (χ1v) is 4.37. The second-order valence-electron chi connectivity index (χ2n) is 3.55. The summed E-state index contributed by atoms with van der Waals surface area (Å²) in [6.07, 6.45) is -3.66. The van der Waals surface area contributed by atoms with Gasteiger partial charge in [-0.3, -0.25) is 5.10 Å². The lowest BCUT2D eigenvalue weighted by Crippen LogP contribution is -2.28. The Morgan fingerprint density at radius 1 is 1.43 bits per heavy atom. The number of anilines is 1. The maximum absolute atomic E-state index is 12.4. The molecule has 78 valence electrons. The van der Waals surface area contributed by atoms with Gasteiger partial charge in [-0.25, -0.2) is 0 Å². The van der Waals surface area contributed by atoms with Gasteiger partial charge in [0.1, 0.15) is 5.82 Å². The van der Waals surface area contributed by atoms with E-state index in [2.05, 4.69) is 10.2 Å². The van der Waals surface area contributed by atoms with Crippen LogP contribution in [0.3, 0.4) is 0 Å². The highest BCUT2D eigenvalue weighted by Gasteiger charge is 2.42. The fourth-order valence-corrected chi connectivity index (χ4v) is 1.81. The standard InChI is InChI=1S/C8H10F3N3/c9-8(10,11)4-1-2-5-6(3-4)13-14-7(5)12/h4H,1-3H2,(H3,12,13,14). The largest absolute Gasteiger partial charge is 0.392 e.